The van der Waals surface area contributed by atoms with Gasteiger partial charge in [0.25, 0.3) is 0 Å². The number of carbonyl (C=O) groups excluding carboxylic acids is 1. The molecule has 4 rings (SSSR count). The van der Waals surface area contributed by atoms with Gasteiger partial charge in [-0.15, -0.1) is 11.3 Å². The van der Waals surface area contributed by atoms with E-state index in [1.54, 1.807) is 18.4 Å². The van der Waals surface area contributed by atoms with Crippen LogP contribution in [0.25, 0.3) is 11.3 Å². The molecule has 1 aliphatic rings. The van der Waals surface area contributed by atoms with Crippen molar-refractivity contribution in [2.45, 2.75) is 25.2 Å². The summed E-state index contributed by atoms with van der Waals surface area (Å²) in [4.78, 5) is 19.7. The third-order valence-corrected chi connectivity index (χ3v) is 6.51. The second-order valence-electron chi connectivity index (χ2n) is 7.26. The number of likely N-dealkylation sites (tertiary alicyclic amines) is 1. The van der Waals surface area contributed by atoms with E-state index in [4.69, 9.17) is 21.3 Å². The van der Waals surface area contributed by atoms with Gasteiger partial charge in [0.1, 0.15) is 5.75 Å². The SMILES string of the molecule is COc1ccccc1-c1csc([C@H]2CCCN(C(=O)Cc3cccc(Cl)c3)C2)n1. The summed E-state index contributed by atoms with van der Waals surface area (Å²) in [6.45, 7) is 1.53. The van der Waals surface area contributed by atoms with Crippen LogP contribution >= 0.6 is 22.9 Å². The molecule has 1 aliphatic heterocycles. The Kier molecular flexibility index (Phi) is 6.16. The van der Waals surface area contributed by atoms with Gasteiger partial charge < -0.3 is 9.64 Å². The van der Waals surface area contributed by atoms with Gasteiger partial charge in [0, 0.05) is 35.0 Å². The van der Waals surface area contributed by atoms with Crippen LogP contribution in [0.3, 0.4) is 0 Å². The van der Waals surface area contributed by atoms with Gasteiger partial charge in [-0.05, 0) is 42.7 Å². The average Bonchev–Trinajstić information content (AvgIpc) is 3.24. The lowest BCUT2D eigenvalue weighted by atomic mass is 9.98. The molecule has 2 heterocycles. The first kappa shape index (κ1) is 19.9. The van der Waals surface area contributed by atoms with Crippen LogP contribution in [0.2, 0.25) is 5.02 Å². The monoisotopic (exact) mass is 426 g/mol. The van der Waals surface area contributed by atoms with Crippen LogP contribution in [0.5, 0.6) is 5.75 Å². The van der Waals surface area contributed by atoms with E-state index in [0.29, 0.717) is 11.4 Å². The minimum atomic E-state index is 0.151. The van der Waals surface area contributed by atoms with Crippen molar-refractivity contribution in [2.24, 2.45) is 0 Å². The summed E-state index contributed by atoms with van der Waals surface area (Å²) < 4.78 is 5.47. The predicted molar refractivity (Wildman–Crippen MR) is 118 cm³/mol. The number of carbonyl (C=O) groups is 1. The van der Waals surface area contributed by atoms with E-state index >= 15 is 0 Å². The van der Waals surface area contributed by atoms with Crippen molar-refractivity contribution in [3.8, 4) is 17.0 Å². The third kappa shape index (κ3) is 4.62. The molecule has 0 saturated carbocycles. The van der Waals surface area contributed by atoms with Crippen molar-refractivity contribution in [2.75, 3.05) is 20.2 Å². The van der Waals surface area contributed by atoms with Crippen LogP contribution in [0.1, 0.15) is 29.3 Å². The maximum atomic E-state index is 12.8. The molecule has 150 valence electrons. The summed E-state index contributed by atoms with van der Waals surface area (Å²) in [5.41, 5.74) is 2.89. The summed E-state index contributed by atoms with van der Waals surface area (Å²) >= 11 is 7.72. The van der Waals surface area contributed by atoms with E-state index in [1.807, 2.05) is 53.4 Å². The molecular formula is C23H23ClN2O2S. The molecule has 0 unspecified atom stereocenters. The minimum absolute atomic E-state index is 0.151. The zero-order valence-corrected chi connectivity index (χ0v) is 17.9. The van der Waals surface area contributed by atoms with Gasteiger partial charge in [-0.2, -0.15) is 0 Å². The van der Waals surface area contributed by atoms with E-state index in [2.05, 4.69) is 5.38 Å². The molecule has 0 N–H and O–H groups in total. The molecule has 1 saturated heterocycles. The van der Waals surface area contributed by atoms with Crippen LogP contribution in [0, 0.1) is 0 Å². The molecular weight excluding hydrogens is 404 g/mol. The second-order valence-corrected chi connectivity index (χ2v) is 8.58. The first-order valence-corrected chi connectivity index (χ1v) is 11.0. The van der Waals surface area contributed by atoms with Gasteiger partial charge in [-0.1, -0.05) is 35.9 Å². The fourth-order valence-electron chi connectivity index (χ4n) is 3.79. The first-order chi connectivity index (χ1) is 14.1. The van der Waals surface area contributed by atoms with Gasteiger partial charge in [-0.3, -0.25) is 4.79 Å². The summed E-state index contributed by atoms with van der Waals surface area (Å²) in [6, 6.07) is 15.5. The Balaban J connectivity index is 1.46. The zero-order chi connectivity index (χ0) is 20.2. The van der Waals surface area contributed by atoms with E-state index in [-0.39, 0.29) is 11.8 Å². The van der Waals surface area contributed by atoms with Crippen molar-refractivity contribution < 1.29 is 9.53 Å². The quantitative estimate of drug-likeness (QED) is 0.547. The van der Waals surface area contributed by atoms with Gasteiger partial charge in [0.15, 0.2) is 0 Å². The Morgan fingerprint density at radius 2 is 2.14 bits per heavy atom. The third-order valence-electron chi connectivity index (χ3n) is 5.27. The van der Waals surface area contributed by atoms with Crippen LogP contribution in [-0.2, 0) is 11.2 Å². The van der Waals surface area contributed by atoms with Crippen molar-refractivity contribution in [1.29, 1.82) is 0 Å². The molecule has 0 aliphatic carbocycles. The maximum Gasteiger partial charge on any atom is 0.227 e. The van der Waals surface area contributed by atoms with Crippen molar-refractivity contribution in [3.63, 3.8) is 0 Å². The van der Waals surface area contributed by atoms with E-state index in [0.717, 1.165) is 53.5 Å². The number of benzene rings is 2. The topological polar surface area (TPSA) is 42.4 Å². The molecule has 3 aromatic rings. The number of rotatable bonds is 5. The molecule has 1 aromatic heterocycles. The van der Waals surface area contributed by atoms with Gasteiger partial charge in [0.2, 0.25) is 5.91 Å². The number of halogens is 1. The molecule has 6 heteroatoms. The summed E-state index contributed by atoms with van der Waals surface area (Å²) in [6.07, 6.45) is 2.44. The van der Waals surface area contributed by atoms with E-state index in [1.165, 1.54) is 0 Å². The number of thiazole rings is 1. The highest BCUT2D eigenvalue weighted by Crippen LogP contribution is 2.35. The molecule has 1 amide bonds. The second kappa shape index (κ2) is 8.97. The number of hydrogen-bond donors (Lipinski definition) is 0. The fourth-order valence-corrected chi connectivity index (χ4v) is 4.95. The maximum absolute atomic E-state index is 12.8. The first-order valence-electron chi connectivity index (χ1n) is 9.75. The standard InChI is InChI=1S/C23H23ClN2O2S/c1-28-21-10-3-2-9-19(21)20-15-29-23(25-20)17-7-5-11-26(14-17)22(27)13-16-6-4-8-18(24)12-16/h2-4,6,8-10,12,15,17H,5,7,11,13-14H2,1H3/t17-/m0/s1. The molecule has 2 aromatic carbocycles. The molecule has 0 spiro atoms. The number of hydrogen-bond acceptors (Lipinski definition) is 4. The van der Waals surface area contributed by atoms with Crippen LogP contribution in [0.4, 0.5) is 0 Å². The Morgan fingerprint density at radius 3 is 2.97 bits per heavy atom. The number of nitrogens with zero attached hydrogens (tertiary/aromatic N) is 2. The van der Waals surface area contributed by atoms with Crippen molar-refractivity contribution >= 4 is 28.8 Å². The largest absolute Gasteiger partial charge is 0.496 e. The Labute approximate surface area is 180 Å². The minimum Gasteiger partial charge on any atom is -0.496 e. The lowest BCUT2D eigenvalue weighted by Gasteiger charge is -2.32. The molecule has 1 atom stereocenters. The molecule has 4 nitrogen and oxygen atoms in total. The van der Waals surface area contributed by atoms with Crippen molar-refractivity contribution in [3.05, 3.63) is 69.5 Å². The number of methoxy groups -OCH3 is 1. The summed E-state index contributed by atoms with van der Waals surface area (Å²) in [5.74, 6) is 1.25. The molecule has 29 heavy (non-hydrogen) atoms. The van der Waals surface area contributed by atoms with E-state index in [9.17, 15) is 4.79 Å². The number of piperidine rings is 1. The highest BCUT2D eigenvalue weighted by molar-refractivity contribution is 7.10. The van der Waals surface area contributed by atoms with Crippen LogP contribution < -0.4 is 4.74 Å². The highest BCUT2D eigenvalue weighted by Gasteiger charge is 2.27. The number of aromatic nitrogens is 1. The smallest absolute Gasteiger partial charge is 0.227 e. The Bertz CT molecular complexity index is 1000. The lowest BCUT2D eigenvalue weighted by Crippen LogP contribution is -2.39. The number of amides is 1. The Hall–Kier alpha value is -2.37. The van der Waals surface area contributed by atoms with E-state index < -0.39 is 0 Å². The van der Waals surface area contributed by atoms with Gasteiger partial charge in [0.05, 0.1) is 24.2 Å². The predicted octanol–water partition coefficient (Wildman–Crippen LogP) is 5.42. The summed E-state index contributed by atoms with van der Waals surface area (Å²) in [7, 11) is 1.68. The molecule has 0 bridgehead atoms. The van der Waals surface area contributed by atoms with Gasteiger partial charge in [-0.25, -0.2) is 4.98 Å². The van der Waals surface area contributed by atoms with Crippen LogP contribution in [-0.4, -0.2) is 36.0 Å². The lowest BCUT2D eigenvalue weighted by molar-refractivity contribution is -0.131. The normalized spacial score (nSPS) is 16.6. The fraction of sp³-hybridized carbons (Fsp3) is 0.304. The molecule has 1 fully saturated rings. The van der Waals surface area contributed by atoms with Crippen LogP contribution in [0.15, 0.2) is 53.9 Å². The van der Waals surface area contributed by atoms with Crippen molar-refractivity contribution in [1.82, 2.24) is 9.88 Å². The summed E-state index contributed by atoms with van der Waals surface area (Å²) in [5, 5.41) is 3.84. The average molecular weight is 427 g/mol. The van der Waals surface area contributed by atoms with Gasteiger partial charge >= 0.3 is 0 Å². The number of ether oxygens (including phenoxy) is 1. The zero-order valence-electron chi connectivity index (χ0n) is 16.3. The highest BCUT2D eigenvalue weighted by atomic mass is 35.5. The number of para-hydroxylation sites is 1. The Morgan fingerprint density at radius 1 is 1.28 bits per heavy atom. The molecule has 0 radical (unpaired) electrons.